The summed E-state index contributed by atoms with van der Waals surface area (Å²) in [5.74, 6) is 0.0635. The first-order chi connectivity index (χ1) is 15.2. The van der Waals surface area contributed by atoms with E-state index in [1.165, 1.54) is 0 Å². The Labute approximate surface area is 201 Å². The van der Waals surface area contributed by atoms with E-state index in [1.807, 2.05) is 26.0 Å². The SMILES string of the molecule is C[C@@H]1CC(=O)NN=C1c1ccc(Cl)c(Cl)c1.C[C@@H]1CC(=O)NN=C1c1ccc(N)c(Cl)c1. The van der Waals surface area contributed by atoms with Gasteiger partial charge in [0.05, 0.1) is 32.2 Å². The van der Waals surface area contributed by atoms with Crippen molar-refractivity contribution in [3.8, 4) is 0 Å². The molecule has 0 unspecified atom stereocenters. The molecule has 0 spiro atoms. The topological polar surface area (TPSA) is 109 Å². The number of carbonyl (C=O) groups excluding carboxylic acids is 2. The highest BCUT2D eigenvalue weighted by atomic mass is 35.5. The third kappa shape index (κ3) is 5.79. The Bertz CT molecular complexity index is 1030. The molecule has 2 heterocycles. The van der Waals surface area contributed by atoms with Gasteiger partial charge in [-0.05, 0) is 35.4 Å². The number of nitrogens with two attached hydrogens (primary N) is 1. The molecule has 2 aromatic carbocycles. The predicted octanol–water partition coefficient (Wildman–Crippen LogP) is 4.64. The minimum atomic E-state index is -0.0590. The quantitative estimate of drug-likeness (QED) is 0.529. The van der Waals surface area contributed by atoms with Crippen molar-refractivity contribution < 1.29 is 9.59 Å². The van der Waals surface area contributed by atoms with Gasteiger partial charge in [-0.1, -0.05) is 60.8 Å². The normalized spacial score (nSPS) is 20.3. The maximum atomic E-state index is 11.1. The number of halogens is 3. The molecule has 0 bridgehead atoms. The third-order valence-corrected chi connectivity index (χ3v) is 6.10. The number of amides is 2. The first-order valence-electron chi connectivity index (χ1n) is 9.89. The third-order valence-electron chi connectivity index (χ3n) is 5.03. The number of benzene rings is 2. The fourth-order valence-corrected chi connectivity index (χ4v) is 3.83. The highest BCUT2D eigenvalue weighted by Gasteiger charge is 2.22. The van der Waals surface area contributed by atoms with Crippen LogP contribution in [0.15, 0.2) is 46.6 Å². The van der Waals surface area contributed by atoms with E-state index in [2.05, 4.69) is 21.1 Å². The van der Waals surface area contributed by atoms with Crippen LogP contribution in [0.2, 0.25) is 15.1 Å². The molecule has 168 valence electrons. The Balaban J connectivity index is 0.000000181. The van der Waals surface area contributed by atoms with Crippen LogP contribution in [-0.2, 0) is 9.59 Å². The summed E-state index contributed by atoms with van der Waals surface area (Å²) in [6, 6.07) is 10.7. The van der Waals surface area contributed by atoms with Gasteiger partial charge >= 0.3 is 0 Å². The molecular formula is C22H22Cl3N5O2. The fraction of sp³-hybridized carbons (Fsp3) is 0.273. The highest BCUT2D eigenvalue weighted by molar-refractivity contribution is 6.42. The summed E-state index contributed by atoms with van der Waals surface area (Å²) in [4.78, 5) is 22.2. The fourth-order valence-electron chi connectivity index (χ4n) is 3.35. The molecule has 0 aliphatic carbocycles. The Kier molecular flexibility index (Phi) is 7.77. The number of carbonyl (C=O) groups is 2. The average Bonchev–Trinajstić information content (AvgIpc) is 2.73. The van der Waals surface area contributed by atoms with E-state index in [-0.39, 0.29) is 23.7 Å². The number of nitrogens with one attached hydrogen (secondary N) is 2. The van der Waals surface area contributed by atoms with Gasteiger partial charge in [-0.25, -0.2) is 10.9 Å². The van der Waals surface area contributed by atoms with Crippen LogP contribution in [0.4, 0.5) is 5.69 Å². The zero-order valence-corrected chi connectivity index (χ0v) is 19.7. The monoisotopic (exact) mass is 493 g/mol. The Morgan fingerprint density at radius 3 is 1.69 bits per heavy atom. The lowest BCUT2D eigenvalue weighted by Crippen LogP contribution is -2.31. The highest BCUT2D eigenvalue weighted by Crippen LogP contribution is 2.26. The van der Waals surface area contributed by atoms with Crippen LogP contribution in [0.3, 0.4) is 0 Å². The molecule has 0 fully saturated rings. The van der Waals surface area contributed by atoms with Crippen LogP contribution < -0.4 is 16.6 Å². The molecule has 2 atom stereocenters. The van der Waals surface area contributed by atoms with Crippen molar-refractivity contribution in [2.45, 2.75) is 26.7 Å². The molecular weight excluding hydrogens is 473 g/mol. The maximum Gasteiger partial charge on any atom is 0.240 e. The van der Waals surface area contributed by atoms with Crippen LogP contribution in [0.25, 0.3) is 0 Å². The summed E-state index contributed by atoms with van der Waals surface area (Å²) in [6.07, 6.45) is 0.889. The van der Waals surface area contributed by atoms with Gasteiger partial charge in [0.2, 0.25) is 11.8 Å². The predicted molar refractivity (Wildman–Crippen MR) is 129 cm³/mol. The van der Waals surface area contributed by atoms with Gasteiger partial charge in [0.15, 0.2) is 0 Å². The Morgan fingerprint density at radius 2 is 1.25 bits per heavy atom. The van der Waals surface area contributed by atoms with Gasteiger partial charge in [-0.3, -0.25) is 9.59 Å². The van der Waals surface area contributed by atoms with Gasteiger partial charge in [-0.2, -0.15) is 10.2 Å². The summed E-state index contributed by atoms with van der Waals surface area (Å²) in [6.45, 7) is 3.92. The zero-order valence-electron chi connectivity index (χ0n) is 17.5. The van der Waals surface area contributed by atoms with Crippen LogP contribution >= 0.6 is 34.8 Å². The number of hydrogen-bond acceptors (Lipinski definition) is 5. The second-order valence-electron chi connectivity index (χ2n) is 7.64. The van der Waals surface area contributed by atoms with E-state index in [4.69, 9.17) is 40.5 Å². The first-order valence-corrected chi connectivity index (χ1v) is 11.0. The minimum Gasteiger partial charge on any atom is -0.398 e. The molecule has 4 N–H and O–H groups in total. The number of nitrogen functional groups attached to an aromatic ring is 1. The number of nitrogens with zero attached hydrogens (tertiary/aromatic N) is 2. The van der Waals surface area contributed by atoms with E-state index < -0.39 is 0 Å². The van der Waals surface area contributed by atoms with E-state index in [0.717, 1.165) is 22.6 Å². The molecule has 2 amide bonds. The van der Waals surface area contributed by atoms with Crippen molar-refractivity contribution in [2.75, 3.05) is 5.73 Å². The van der Waals surface area contributed by atoms with Gasteiger partial charge in [0.1, 0.15) is 0 Å². The lowest BCUT2D eigenvalue weighted by atomic mass is 9.94. The van der Waals surface area contributed by atoms with E-state index >= 15 is 0 Å². The molecule has 0 radical (unpaired) electrons. The molecule has 4 rings (SSSR count). The molecule has 2 aromatic rings. The van der Waals surface area contributed by atoms with Crippen molar-refractivity contribution in [3.63, 3.8) is 0 Å². The number of rotatable bonds is 2. The summed E-state index contributed by atoms with van der Waals surface area (Å²) < 4.78 is 0. The second kappa shape index (κ2) is 10.3. The number of anilines is 1. The molecule has 10 heteroatoms. The zero-order chi connectivity index (χ0) is 23.4. The molecule has 0 saturated heterocycles. The van der Waals surface area contributed by atoms with E-state index in [1.54, 1.807) is 24.3 Å². The van der Waals surface area contributed by atoms with Crippen LogP contribution in [0.1, 0.15) is 37.8 Å². The minimum absolute atomic E-state index is 0.0576. The van der Waals surface area contributed by atoms with Crippen molar-refractivity contribution in [1.29, 1.82) is 0 Å². The molecule has 2 aliphatic heterocycles. The van der Waals surface area contributed by atoms with Crippen molar-refractivity contribution in [3.05, 3.63) is 62.6 Å². The number of hydrogen-bond donors (Lipinski definition) is 3. The van der Waals surface area contributed by atoms with Crippen LogP contribution in [0, 0.1) is 11.8 Å². The molecule has 2 aliphatic rings. The summed E-state index contributed by atoms with van der Waals surface area (Å²) >= 11 is 17.7. The van der Waals surface area contributed by atoms with E-state index in [9.17, 15) is 9.59 Å². The molecule has 0 saturated carbocycles. The smallest absolute Gasteiger partial charge is 0.240 e. The van der Waals surface area contributed by atoms with Crippen LogP contribution in [-0.4, -0.2) is 23.2 Å². The maximum absolute atomic E-state index is 11.1. The van der Waals surface area contributed by atoms with Gasteiger partial charge in [-0.15, -0.1) is 0 Å². The average molecular weight is 495 g/mol. The molecule has 0 aromatic heterocycles. The lowest BCUT2D eigenvalue weighted by Gasteiger charge is -2.19. The molecule has 7 nitrogen and oxygen atoms in total. The summed E-state index contributed by atoms with van der Waals surface area (Å²) in [5, 5.41) is 9.61. The lowest BCUT2D eigenvalue weighted by molar-refractivity contribution is -0.122. The second-order valence-corrected chi connectivity index (χ2v) is 8.86. The van der Waals surface area contributed by atoms with Gasteiger partial charge in [0, 0.05) is 24.7 Å². The Morgan fingerprint density at radius 1 is 0.781 bits per heavy atom. The van der Waals surface area contributed by atoms with E-state index in [0.29, 0.717) is 33.6 Å². The Hall–Kier alpha value is -2.61. The summed E-state index contributed by atoms with van der Waals surface area (Å²) in [7, 11) is 0. The number of hydrazone groups is 2. The molecule has 32 heavy (non-hydrogen) atoms. The van der Waals surface area contributed by atoms with Crippen molar-refractivity contribution >= 4 is 63.7 Å². The summed E-state index contributed by atoms with van der Waals surface area (Å²) in [5.41, 5.74) is 14.6. The van der Waals surface area contributed by atoms with Gasteiger partial charge in [0.25, 0.3) is 0 Å². The largest absolute Gasteiger partial charge is 0.398 e. The van der Waals surface area contributed by atoms with Crippen LogP contribution in [0.5, 0.6) is 0 Å². The first kappa shape index (κ1) is 24.0. The van der Waals surface area contributed by atoms with Crippen molar-refractivity contribution in [1.82, 2.24) is 10.9 Å². The van der Waals surface area contributed by atoms with Crippen molar-refractivity contribution in [2.24, 2.45) is 22.0 Å². The van der Waals surface area contributed by atoms with Gasteiger partial charge < -0.3 is 5.73 Å². The standard InChI is InChI=1S/C11H10Cl2N2O.C11H12ClN3O/c1-6-4-10(16)14-15-11(6)7-2-3-8(12)9(13)5-7;1-6-4-10(16)14-15-11(6)7-2-3-9(13)8(12)5-7/h2-3,5-6H,4H2,1H3,(H,14,16);2-3,5-6H,4,13H2,1H3,(H,14,16)/t2*6-/m11/s1.